The molecular formula is C12H16N2S. The minimum atomic E-state index is 0.833. The van der Waals surface area contributed by atoms with Crippen molar-refractivity contribution in [3.05, 3.63) is 21.9 Å². The average molecular weight is 220 g/mol. The number of hydrogen-bond acceptors (Lipinski definition) is 3. The Hall–Kier alpha value is -0.850. The lowest BCUT2D eigenvalue weighted by Crippen LogP contribution is -2.23. The highest BCUT2D eigenvalue weighted by atomic mass is 32.1. The van der Waals surface area contributed by atoms with Gasteiger partial charge in [-0.15, -0.1) is 11.3 Å². The van der Waals surface area contributed by atoms with Crippen LogP contribution in [0.25, 0.3) is 0 Å². The standard InChI is InChI=1S/C12H16N2S/c13-9-11-5-6-12(15-11)10-14-7-3-1-2-4-8-14/h5-6H,1-4,7-8,10H2. The fourth-order valence-corrected chi connectivity index (χ4v) is 2.89. The molecule has 0 bridgehead atoms. The summed E-state index contributed by atoms with van der Waals surface area (Å²) < 4.78 is 0. The minimum absolute atomic E-state index is 0.833. The number of nitriles is 1. The summed E-state index contributed by atoms with van der Waals surface area (Å²) in [6, 6.07) is 6.22. The molecule has 3 heteroatoms. The molecule has 15 heavy (non-hydrogen) atoms. The lowest BCUT2D eigenvalue weighted by atomic mass is 10.2. The van der Waals surface area contributed by atoms with E-state index in [0.717, 1.165) is 11.4 Å². The molecule has 0 unspecified atom stereocenters. The van der Waals surface area contributed by atoms with Crippen LogP contribution in [0.15, 0.2) is 12.1 Å². The highest BCUT2D eigenvalue weighted by molar-refractivity contribution is 7.12. The van der Waals surface area contributed by atoms with Crippen molar-refractivity contribution >= 4 is 11.3 Å². The van der Waals surface area contributed by atoms with Crippen LogP contribution in [0.2, 0.25) is 0 Å². The van der Waals surface area contributed by atoms with Gasteiger partial charge in [-0.25, -0.2) is 0 Å². The van der Waals surface area contributed by atoms with E-state index in [-0.39, 0.29) is 0 Å². The van der Waals surface area contributed by atoms with Crippen LogP contribution in [0.4, 0.5) is 0 Å². The normalized spacial score (nSPS) is 18.3. The Kier molecular flexibility index (Phi) is 3.76. The van der Waals surface area contributed by atoms with Crippen molar-refractivity contribution in [1.82, 2.24) is 4.90 Å². The van der Waals surface area contributed by atoms with Crippen LogP contribution in [0.1, 0.15) is 35.4 Å². The summed E-state index contributed by atoms with van der Waals surface area (Å²) in [7, 11) is 0. The Morgan fingerprint density at radius 1 is 1.20 bits per heavy atom. The van der Waals surface area contributed by atoms with Crippen molar-refractivity contribution in [2.45, 2.75) is 32.2 Å². The van der Waals surface area contributed by atoms with Gasteiger partial charge in [0.05, 0.1) is 0 Å². The van der Waals surface area contributed by atoms with Crippen molar-refractivity contribution in [2.24, 2.45) is 0 Å². The molecule has 1 aromatic heterocycles. The molecule has 0 saturated carbocycles. The lowest BCUT2D eigenvalue weighted by Gasteiger charge is -2.18. The van der Waals surface area contributed by atoms with E-state index >= 15 is 0 Å². The maximum Gasteiger partial charge on any atom is 0.110 e. The molecule has 1 fully saturated rings. The first-order chi connectivity index (χ1) is 7.38. The maximum atomic E-state index is 8.75. The van der Waals surface area contributed by atoms with Gasteiger partial charge in [0.25, 0.3) is 0 Å². The van der Waals surface area contributed by atoms with E-state index in [1.807, 2.05) is 6.07 Å². The van der Waals surface area contributed by atoms with E-state index < -0.39 is 0 Å². The van der Waals surface area contributed by atoms with Gasteiger partial charge in [0.1, 0.15) is 10.9 Å². The zero-order chi connectivity index (χ0) is 10.5. The molecule has 1 aliphatic heterocycles. The second-order valence-corrected chi connectivity index (χ2v) is 5.24. The van der Waals surface area contributed by atoms with Crippen LogP contribution in [0.5, 0.6) is 0 Å². The Morgan fingerprint density at radius 3 is 2.53 bits per heavy atom. The molecule has 0 aromatic carbocycles. The molecule has 2 heterocycles. The van der Waals surface area contributed by atoms with Crippen molar-refractivity contribution in [3.8, 4) is 6.07 Å². The summed E-state index contributed by atoms with van der Waals surface area (Å²) in [4.78, 5) is 4.67. The zero-order valence-electron chi connectivity index (χ0n) is 8.91. The van der Waals surface area contributed by atoms with Crippen LogP contribution in [-0.4, -0.2) is 18.0 Å². The number of hydrogen-bond donors (Lipinski definition) is 0. The quantitative estimate of drug-likeness (QED) is 0.766. The third-order valence-electron chi connectivity index (χ3n) is 2.85. The average Bonchev–Trinajstić information content (AvgIpc) is 2.54. The van der Waals surface area contributed by atoms with Crippen molar-refractivity contribution in [3.63, 3.8) is 0 Å². The van der Waals surface area contributed by atoms with E-state index in [0.29, 0.717) is 0 Å². The molecule has 0 amide bonds. The number of thiophene rings is 1. The fourth-order valence-electron chi connectivity index (χ4n) is 2.04. The highest BCUT2D eigenvalue weighted by Crippen LogP contribution is 2.19. The Labute approximate surface area is 95.1 Å². The molecular weight excluding hydrogens is 204 g/mol. The summed E-state index contributed by atoms with van der Waals surface area (Å²) in [5, 5.41) is 8.75. The monoisotopic (exact) mass is 220 g/mol. The molecule has 1 saturated heterocycles. The molecule has 1 aliphatic rings. The van der Waals surface area contributed by atoms with E-state index in [1.165, 1.54) is 43.6 Å². The first-order valence-electron chi connectivity index (χ1n) is 5.59. The van der Waals surface area contributed by atoms with E-state index in [1.54, 1.807) is 11.3 Å². The van der Waals surface area contributed by atoms with Gasteiger partial charge < -0.3 is 0 Å². The van der Waals surface area contributed by atoms with E-state index in [2.05, 4.69) is 17.0 Å². The summed E-state index contributed by atoms with van der Waals surface area (Å²) in [5.74, 6) is 0. The molecule has 0 N–H and O–H groups in total. The SMILES string of the molecule is N#Cc1ccc(CN2CCCCCC2)s1. The van der Waals surface area contributed by atoms with Crippen LogP contribution < -0.4 is 0 Å². The van der Waals surface area contributed by atoms with Gasteiger partial charge in [0.15, 0.2) is 0 Å². The van der Waals surface area contributed by atoms with Gasteiger partial charge in [0, 0.05) is 11.4 Å². The Bertz CT molecular complexity index is 343. The van der Waals surface area contributed by atoms with Crippen molar-refractivity contribution in [2.75, 3.05) is 13.1 Å². The van der Waals surface area contributed by atoms with Crippen LogP contribution in [0, 0.1) is 11.3 Å². The van der Waals surface area contributed by atoms with E-state index in [9.17, 15) is 0 Å². The lowest BCUT2D eigenvalue weighted by molar-refractivity contribution is 0.279. The molecule has 0 atom stereocenters. The van der Waals surface area contributed by atoms with Crippen LogP contribution >= 0.6 is 11.3 Å². The van der Waals surface area contributed by atoms with Gasteiger partial charge in [0.2, 0.25) is 0 Å². The molecule has 2 rings (SSSR count). The Morgan fingerprint density at radius 2 is 1.93 bits per heavy atom. The van der Waals surface area contributed by atoms with Gasteiger partial charge in [-0.1, -0.05) is 12.8 Å². The molecule has 2 nitrogen and oxygen atoms in total. The van der Waals surface area contributed by atoms with Gasteiger partial charge in [-0.3, -0.25) is 4.90 Å². The highest BCUT2D eigenvalue weighted by Gasteiger charge is 2.10. The molecule has 0 radical (unpaired) electrons. The summed E-state index contributed by atoms with van der Waals surface area (Å²) >= 11 is 1.63. The number of nitrogens with zero attached hydrogens (tertiary/aromatic N) is 2. The second kappa shape index (κ2) is 5.29. The van der Waals surface area contributed by atoms with Crippen LogP contribution in [0.3, 0.4) is 0 Å². The zero-order valence-corrected chi connectivity index (χ0v) is 9.72. The summed E-state index contributed by atoms with van der Waals surface area (Å²) in [6.07, 6.45) is 5.42. The van der Waals surface area contributed by atoms with Gasteiger partial charge in [-0.05, 0) is 38.1 Å². The number of rotatable bonds is 2. The predicted molar refractivity (Wildman–Crippen MR) is 62.8 cm³/mol. The molecule has 0 aliphatic carbocycles. The summed E-state index contributed by atoms with van der Waals surface area (Å²) in [6.45, 7) is 3.48. The van der Waals surface area contributed by atoms with Crippen molar-refractivity contribution in [1.29, 1.82) is 5.26 Å². The minimum Gasteiger partial charge on any atom is -0.298 e. The number of likely N-dealkylation sites (tertiary alicyclic amines) is 1. The first-order valence-corrected chi connectivity index (χ1v) is 6.41. The van der Waals surface area contributed by atoms with Crippen molar-refractivity contribution < 1.29 is 0 Å². The molecule has 0 spiro atoms. The molecule has 1 aromatic rings. The van der Waals surface area contributed by atoms with Gasteiger partial charge in [-0.2, -0.15) is 5.26 Å². The second-order valence-electron chi connectivity index (χ2n) is 4.07. The van der Waals surface area contributed by atoms with E-state index in [4.69, 9.17) is 5.26 Å². The fraction of sp³-hybridized carbons (Fsp3) is 0.583. The smallest absolute Gasteiger partial charge is 0.110 e. The Balaban J connectivity index is 1.92. The largest absolute Gasteiger partial charge is 0.298 e. The van der Waals surface area contributed by atoms with Gasteiger partial charge >= 0.3 is 0 Å². The maximum absolute atomic E-state index is 8.75. The summed E-state index contributed by atoms with van der Waals surface area (Å²) in [5.41, 5.74) is 0. The third-order valence-corrected chi connectivity index (χ3v) is 3.82. The van der Waals surface area contributed by atoms with Crippen LogP contribution in [-0.2, 0) is 6.54 Å². The topological polar surface area (TPSA) is 27.0 Å². The third kappa shape index (κ3) is 3.05. The predicted octanol–water partition coefficient (Wildman–Crippen LogP) is 3.00. The molecule has 80 valence electrons. The first kappa shape index (κ1) is 10.7.